The van der Waals surface area contributed by atoms with Gasteiger partial charge in [-0.15, -0.1) is 0 Å². The first kappa shape index (κ1) is 17.9. The Hall–Kier alpha value is -2.53. The van der Waals surface area contributed by atoms with E-state index in [-0.39, 0.29) is 5.41 Å². The van der Waals surface area contributed by atoms with E-state index >= 15 is 0 Å². The summed E-state index contributed by atoms with van der Waals surface area (Å²) in [5.74, 6) is 0.585. The van der Waals surface area contributed by atoms with E-state index in [1.54, 1.807) is 0 Å². The maximum atomic E-state index is 12.4. The van der Waals surface area contributed by atoms with Crippen molar-refractivity contribution in [2.75, 3.05) is 30.9 Å². The number of carbonyl (C=O) groups excluding carboxylic acids is 1. The van der Waals surface area contributed by atoms with E-state index in [0.29, 0.717) is 11.9 Å². The lowest BCUT2D eigenvalue weighted by Crippen LogP contribution is -2.45. The van der Waals surface area contributed by atoms with E-state index in [2.05, 4.69) is 42.2 Å². The first-order valence-electron chi connectivity index (χ1n) is 9.44. The van der Waals surface area contributed by atoms with Crippen LogP contribution in [-0.4, -0.2) is 37.8 Å². The quantitative estimate of drug-likeness (QED) is 0.863. The Morgan fingerprint density at radius 1 is 1.22 bits per heavy atom. The predicted octanol–water partition coefficient (Wildman–Crippen LogP) is 4.28. The number of hydrogen-bond acceptors (Lipinski definition) is 4. The summed E-state index contributed by atoms with van der Waals surface area (Å²) in [4.78, 5) is 17.1. The fourth-order valence-corrected chi connectivity index (χ4v) is 4.75. The fraction of sp³-hybridized carbons (Fsp3) is 0.409. The zero-order valence-electron chi connectivity index (χ0n) is 16.7. The molecule has 2 aliphatic rings. The molecule has 27 heavy (non-hydrogen) atoms. The second-order valence-corrected chi connectivity index (χ2v) is 8.07. The molecule has 0 radical (unpaired) electrons. The van der Waals surface area contributed by atoms with Crippen LogP contribution in [-0.2, 0) is 5.41 Å². The lowest BCUT2D eigenvalue weighted by molar-refractivity contribution is 0.215. The molecule has 0 bridgehead atoms. The lowest BCUT2D eigenvalue weighted by Gasteiger charge is -2.32. The molecule has 2 aromatic carbocycles. The van der Waals surface area contributed by atoms with E-state index in [1.165, 1.54) is 11.3 Å². The Kier molecular flexibility index (Phi) is 4.15. The van der Waals surface area contributed by atoms with Gasteiger partial charge in [0.15, 0.2) is 0 Å². The number of anilines is 2. The van der Waals surface area contributed by atoms with Crippen molar-refractivity contribution in [3.63, 3.8) is 0 Å². The maximum absolute atomic E-state index is 12.4. The number of fused-ring (bicyclic) bond motifs is 3. The molecule has 1 fully saturated rings. The Morgan fingerprint density at radius 2 is 2.00 bits per heavy atom. The first-order chi connectivity index (χ1) is 12.8. The van der Waals surface area contributed by atoms with E-state index in [0.717, 1.165) is 29.8 Å². The van der Waals surface area contributed by atoms with Crippen LogP contribution in [0, 0.1) is 13.8 Å². The normalized spacial score (nSPS) is 23.9. The smallest absolute Gasteiger partial charge is 0.410 e. The summed E-state index contributed by atoms with van der Waals surface area (Å²) < 4.78 is 5.61. The minimum atomic E-state index is -0.458. The molecule has 0 spiro atoms. The van der Waals surface area contributed by atoms with Crippen molar-refractivity contribution in [3.8, 4) is 5.75 Å². The van der Waals surface area contributed by atoms with Crippen LogP contribution in [0.1, 0.15) is 30.0 Å². The second-order valence-electron chi connectivity index (χ2n) is 8.07. The van der Waals surface area contributed by atoms with Crippen molar-refractivity contribution in [1.29, 1.82) is 0 Å². The Balaban J connectivity index is 1.56. The van der Waals surface area contributed by atoms with E-state index in [4.69, 9.17) is 4.74 Å². The molecule has 1 amide bonds. The summed E-state index contributed by atoms with van der Waals surface area (Å²) >= 11 is 0. The molecule has 142 valence electrons. The van der Waals surface area contributed by atoms with Gasteiger partial charge in [0.1, 0.15) is 5.75 Å². The number of hydrogen-bond donors (Lipinski definition) is 1. The molecule has 2 heterocycles. The molecule has 0 saturated carbocycles. The van der Waals surface area contributed by atoms with Crippen molar-refractivity contribution in [2.24, 2.45) is 0 Å². The topological polar surface area (TPSA) is 44.8 Å². The molecule has 1 saturated heterocycles. The van der Waals surface area contributed by atoms with Gasteiger partial charge in [0.2, 0.25) is 0 Å². The van der Waals surface area contributed by atoms with Crippen LogP contribution >= 0.6 is 0 Å². The minimum Gasteiger partial charge on any atom is -0.410 e. The van der Waals surface area contributed by atoms with Gasteiger partial charge in [0.25, 0.3) is 0 Å². The average Bonchev–Trinajstić information content (AvgIpc) is 3.05. The van der Waals surface area contributed by atoms with Gasteiger partial charge in [-0.25, -0.2) is 4.79 Å². The molecular formula is C22H27N3O2. The number of likely N-dealkylation sites (N-methyl/N-ethyl adjacent to an activating group) is 2. The van der Waals surface area contributed by atoms with Gasteiger partial charge < -0.3 is 9.64 Å². The van der Waals surface area contributed by atoms with Crippen LogP contribution < -0.4 is 15.0 Å². The van der Waals surface area contributed by atoms with E-state index in [9.17, 15) is 4.79 Å². The third kappa shape index (κ3) is 2.77. The Bertz CT molecular complexity index is 910. The first-order valence-corrected chi connectivity index (χ1v) is 9.44. The zero-order valence-corrected chi connectivity index (χ0v) is 16.7. The SMILES string of the molecule is Cc1cccc(NC(=O)Oc2ccc3c(c2)[C@]2(C)CCN(C)C2N3C)c1C. The maximum Gasteiger partial charge on any atom is 0.417 e. The Morgan fingerprint density at radius 3 is 2.78 bits per heavy atom. The van der Waals surface area contributed by atoms with Crippen LogP contribution in [0.5, 0.6) is 5.75 Å². The standard InChI is InChI=1S/C22H27N3O2/c1-14-7-6-8-18(15(14)2)23-21(26)27-16-9-10-19-17(13-16)22(3)11-12-24(4)20(22)25(19)5/h6-10,13,20H,11-12H2,1-5H3,(H,23,26)/t20?,22-/m0/s1. The molecule has 1 unspecified atom stereocenters. The molecule has 2 aromatic rings. The number of ether oxygens (including phenoxy) is 1. The monoisotopic (exact) mass is 365 g/mol. The number of carbonyl (C=O) groups is 1. The summed E-state index contributed by atoms with van der Waals surface area (Å²) in [7, 11) is 4.32. The number of nitrogens with zero attached hydrogens (tertiary/aromatic N) is 2. The highest BCUT2D eigenvalue weighted by atomic mass is 16.6. The number of likely N-dealkylation sites (tertiary alicyclic amines) is 1. The number of amides is 1. The summed E-state index contributed by atoms with van der Waals surface area (Å²) in [6, 6.07) is 11.8. The molecule has 4 rings (SSSR count). The second kappa shape index (κ2) is 6.27. The summed E-state index contributed by atoms with van der Waals surface area (Å²) in [6.45, 7) is 7.40. The highest BCUT2D eigenvalue weighted by Crippen LogP contribution is 2.51. The van der Waals surface area contributed by atoms with E-state index in [1.807, 2.05) is 44.2 Å². The number of rotatable bonds is 2. The van der Waals surface area contributed by atoms with Crippen LogP contribution in [0.25, 0.3) is 0 Å². The molecule has 5 nitrogen and oxygen atoms in total. The Labute approximate surface area is 160 Å². The number of nitrogens with one attached hydrogen (secondary N) is 1. The van der Waals surface area contributed by atoms with Gasteiger partial charge in [-0.1, -0.05) is 19.1 Å². The number of benzene rings is 2. The van der Waals surface area contributed by atoms with Gasteiger partial charge in [-0.05, 0) is 68.3 Å². The predicted molar refractivity (Wildman–Crippen MR) is 109 cm³/mol. The van der Waals surface area contributed by atoms with E-state index < -0.39 is 6.09 Å². The van der Waals surface area contributed by atoms with Gasteiger partial charge in [-0.2, -0.15) is 0 Å². The number of aryl methyl sites for hydroxylation is 1. The van der Waals surface area contributed by atoms with Crippen molar-refractivity contribution < 1.29 is 9.53 Å². The van der Waals surface area contributed by atoms with Gasteiger partial charge in [-0.3, -0.25) is 10.2 Å². The molecule has 2 atom stereocenters. The molecule has 1 N–H and O–H groups in total. The fourth-order valence-electron chi connectivity index (χ4n) is 4.75. The van der Waals surface area contributed by atoms with Gasteiger partial charge >= 0.3 is 6.09 Å². The van der Waals surface area contributed by atoms with Crippen molar-refractivity contribution in [3.05, 3.63) is 53.1 Å². The van der Waals surface area contributed by atoms with Crippen molar-refractivity contribution >= 4 is 17.5 Å². The largest absolute Gasteiger partial charge is 0.417 e. The highest BCUT2D eigenvalue weighted by Gasteiger charge is 2.52. The zero-order chi connectivity index (χ0) is 19.3. The minimum absolute atomic E-state index is 0.0574. The summed E-state index contributed by atoms with van der Waals surface area (Å²) in [5, 5.41) is 2.86. The highest BCUT2D eigenvalue weighted by molar-refractivity contribution is 5.87. The van der Waals surface area contributed by atoms with Gasteiger partial charge in [0.05, 0.1) is 6.17 Å². The lowest BCUT2D eigenvalue weighted by atomic mass is 9.81. The van der Waals surface area contributed by atoms with Gasteiger partial charge in [0, 0.05) is 30.4 Å². The summed E-state index contributed by atoms with van der Waals surface area (Å²) in [6.07, 6.45) is 0.996. The third-order valence-electron chi connectivity index (χ3n) is 6.35. The average molecular weight is 365 g/mol. The van der Waals surface area contributed by atoms with Crippen molar-refractivity contribution in [2.45, 2.75) is 38.8 Å². The summed E-state index contributed by atoms with van der Waals surface area (Å²) in [5.41, 5.74) is 5.51. The van der Waals surface area contributed by atoms with Crippen LogP contribution in [0.4, 0.5) is 16.2 Å². The molecule has 0 aromatic heterocycles. The third-order valence-corrected chi connectivity index (χ3v) is 6.35. The molecular weight excluding hydrogens is 338 g/mol. The van der Waals surface area contributed by atoms with Crippen LogP contribution in [0.15, 0.2) is 36.4 Å². The van der Waals surface area contributed by atoms with Crippen LogP contribution in [0.2, 0.25) is 0 Å². The van der Waals surface area contributed by atoms with Crippen molar-refractivity contribution in [1.82, 2.24) is 4.90 Å². The molecule has 2 aliphatic heterocycles. The van der Waals surface area contributed by atoms with Crippen LogP contribution in [0.3, 0.4) is 0 Å². The molecule has 0 aliphatic carbocycles. The molecule has 5 heteroatoms.